The number of halogens is 2. The number of hydrogen-bond acceptors (Lipinski definition) is 4. The van der Waals surface area contributed by atoms with E-state index in [-0.39, 0.29) is 36.8 Å². The van der Waals surface area contributed by atoms with Crippen LogP contribution in [-0.2, 0) is 16.1 Å². The SMILES string of the molecule is CC1CC(N(C)C(=O)C2CNCCO2)CCN1Cc1ccccc1.Cl.Cl. The van der Waals surface area contributed by atoms with Crippen molar-refractivity contribution in [2.45, 2.75) is 44.5 Å². The first-order valence-corrected chi connectivity index (χ1v) is 9.02. The highest BCUT2D eigenvalue weighted by atomic mass is 35.5. The molecule has 1 aromatic rings. The van der Waals surface area contributed by atoms with Crippen molar-refractivity contribution in [1.82, 2.24) is 15.1 Å². The Hall–Kier alpha value is -0.850. The highest BCUT2D eigenvalue weighted by Crippen LogP contribution is 2.23. The van der Waals surface area contributed by atoms with Crippen LogP contribution < -0.4 is 5.32 Å². The molecule has 3 unspecified atom stereocenters. The Kier molecular flexibility index (Phi) is 9.90. The fraction of sp³-hybridized carbons (Fsp3) is 0.632. The van der Waals surface area contributed by atoms with Gasteiger partial charge in [0.05, 0.1) is 6.61 Å². The van der Waals surface area contributed by atoms with Crippen LogP contribution in [0, 0.1) is 0 Å². The second-order valence-corrected chi connectivity index (χ2v) is 7.00. The van der Waals surface area contributed by atoms with Gasteiger partial charge >= 0.3 is 0 Å². The minimum absolute atomic E-state index is 0. The first-order chi connectivity index (χ1) is 11.6. The van der Waals surface area contributed by atoms with Gasteiger partial charge in [-0.15, -0.1) is 24.8 Å². The van der Waals surface area contributed by atoms with E-state index < -0.39 is 0 Å². The zero-order chi connectivity index (χ0) is 16.9. The molecule has 5 nitrogen and oxygen atoms in total. The van der Waals surface area contributed by atoms with Gasteiger partial charge in [0.2, 0.25) is 0 Å². The summed E-state index contributed by atoms with van der Waals surface area (Å²) in [6.45, 7) is 6.38. The highest BCUT2D eigenvalue weighted by Gasteiger charge is 2.33. The van der Waals surface area contributed by atoms with E-state index in [4.69, 9.17) is 4.74 Å². The summed E-state index contributed by atoms with van der Waals surface area (Å²) in [4.78, 5) is 17.1. The van der Waals surface area contributed by atoms with Gasteiger partial charge in [0, 0.05) is 45.3 Å². The number of ether oxygens (including phenoxy) is 1. The van der Waals surface area contributed by atoms with E-state index >= 15 is 0 Å². The van der Waals surface area contributed by atoms with Crippen molar-refractivity contribution in [3.05, 3.63) is 35.9 Å². The number of amides is 1. The van der Waals surface area contributed by atoms with E-state index in [1.165, 1.54) is 5.56 Å². The molecule has 3 atom stereocenters. The molecule has 0 radical (unpaired) electrons. The number of nitrogens with one attached hydrogen (secondary N) is 1. The van der Waals surface area contributed by atoms with Crippen molar-refractivity contribution in [3.8, 4) is 0 Å². The van der Waals surface area contributed by atoms with Crippen molar-refractivity contribution >= 4 is 30.7 Å². The molecule has 2 saturated heterocycles. The predicted molar refractivity (Wildman–Crippen MR) is 109 cm³/mol. The van der Waals surface area contributed by atoms with Gasteiger partial charge in [-0.05, 0) is 25.3 Å². The molecule has 0 spiro atoms. The summed E-state index contributed by atoms with van der Waals surface area (Å²) < 4.78 is 5.61. The fourth-order valence-electron chi connectivity index (χ4n) is 3.73. The van der Waals surface area contributed by atoms with E-state index in [2.05, 4.69) is 47.5 Å². The van der Waals surface area contributed by atoms with Gasteiger partial charge in [-0.3, -0.25) is 9.69 Å². The van der Waals surface area contributed by atoms with Crippen molar-refractivity contribution in [2.24, 2.45) is 0 Å². The Labute approximate surface area is 169 Å². The van der Waals surface area contributed by atoms with Crippen LogP contribution in [0.5, 0.6) is 0 Å². The molecule has 148 valence electrons. The van der Waals surface area contributed by atoms with Crippen LogP contribution in [0.2, 0.25) is 0 Å². The van der Waals surface area contributed by atoms with Crippen molar-refractivity contribution in [1.29, 1.82) is 0 Å². The number of nitrogens with zero attached hydrogens (tertiary/aromatic N) is 2. The summed E-state index contributed by atoms with van der Waals surface area (Å²) in [7, 11) is 1.94. The standard InChI is InChI=1S/C19H29N3O2.2ClH/c1-15-12-17(21(2)19(23)18-13-20-9-11-24-18)8-10-22(15)14-16-6-4-3-5-7-16;;/h3-7,15,17-18,20H,8-14H2,1-2H3;2*1H. The van der Waals surface area contributed by atoms with Gasteiger partial charge in [-0.25, -0.2) is 0 Å². The third-order valence-corrected chi connectivity index (χ3v) is 5.31. The van der Waals surface area contributed by atoms with Gasteiger partial charge in [0.1, 0.15) is 6.10 Å². The summed E-state index contributed by atoms with van der Waals surface area (Å²) >= 11 is 0. The predicted octanol–water partition coefficient (Wildman–Crippen LogP) is 2.33. The van der Waals surface area contributed by atoms with Crippen LogP contribution in [0.15, 0.2) is 30.3 Å². The summed E-state index contributed by atoms with van der Waals surface area (Å²) in [6.07, 6.45) is 1.73. The molecular weight excluding hydrogens is 373 g/mol. The molecule has 0 aromatic heterocycles. The second kappa shape index (κ2) is 11.1. The molecule has 2 aliphatic heterocycles. The number of carbonyl (C=O) groups excluding carboxylic acids is 1. The number of likely N-dealkylation sites (tertiary alicyclic amines) is 1. The quantitative estimate of drug-likeness (QED) is 0.837. The first-order valence-electron chi connectivity index (χ1n) is 9.02. The Morgan fingerprint density at radius 2 is 2.04 bits per heavy atom. The first kappa shape index (κ1) is 23.2. The van der Waals surface area contributed by atoms with Crippen LogP contribution in [-0.4, -0.2) is 67.2 Å². The van der Waals surface area contributed by atoms with E-state index in [0.717, 1.165) is 32.5 Å². The van der Waals surface area contributed by atoms with Crippen LogP contribution in [0.3, 0.4) is 0 Å². The van der Waals surface area contributed by atoms with Gasteiger partial charge in [0.25, 0.3) is 5.91 Å². The van der Waals surface area contributed by atoms with Gasteiger partial charge in [-0.1, -0.05) is 30.3 Å². The third kappa shape index (κ3) is 5.83. The molecule has 1 amide bonds. The Bertz CT molecular complexity index is 541. The Morgan fingerprint density at radius 3 is 2.65 bits per heavy atom. The van der Waals surface area contributed by atoms with E-state index in [9.17, 15) is 4.79 Å². The number of rotatable bonds is 4. The number of piperidine rings is 1. The van der Waals surface area contributed by atoms with Crippen LogP contribution in [0.1, 0.15) is 25.3 Å². The molecule has 0 aliphatic carbocycles. The molecule has 26 heavy (non-hydrogen) atoms. The van der Waals surface area contributed by atoms with Crippen molar-refractivity contribution in [3.63, 3.8) is 0 Å². The molecule has 2 fully saturated rings. The lowest BCUT2D eigenvalue weighted by atomic mass is 9.96. The summed E-state index contributed by atoms with van der Waals surface area (Å²) in [6, 6.07) is 11.4. The maximum absolute atomic E-state index is 12.6. The summed E-state index contributed by atoms with van der Waals surface area (Å²) in [5.41, 5.74) is 1.36. The number of benzene rings is 1. The average Bonchev–Trinajstić information content (AvgIpc) is 2.64. The topological polar surface area (TPSA) is 44.8 Å². The third-order valence-electron chi connectivity index (χ3n) is 5.31. The number of carbonyl (C=O) groups is 1. The summed E-state index contributed by atoms with van der Waals surface area (Å²) in [5.74, 6) is 0.121. The lowest BCUT2D eigenvalue weighted by Crippen LogP contribution is -2.54. The maximum Gasteiger partial charge on any atom is 0.253 e. The molecule has 0 bridgehead atoms. The lowest BCUT2D eigenvalue weighted by molar-refractivity contribution is -0.147. The zero-order valence-electron chi connectivity index (χ0n) is 15.6. The van der Waals surface area contributed by atoms with E-state index in [1.54, 1.807) is 0 Å². The molecule has 1 aromatic carbocycles. The zero-order valence-corrected chi connectivity index (χ0v) is 17.2. The van der Waals surface area contributed by atoms with Crippen molar-refractivity contribution in [2.75, 3.05) is 33.3 Å². The Balaban J connectivity index is 0.00000169. The fourth-order valence-corrected chi connectivity index (χ4v) is 3.73. The van der Waals surface area contributed by atoms with Crippen LogP contribution in [0.4, 0.5) is 0 Å². The number of hydrogen-bond donors (Lipinski definition) is 1. The smallest absolute Gasteiger partial charge is 0.253 e. The Morgan fingerprint density at radius 1 is 1.31 bits per heavy atom. The van der Waals surface area contributed by atoms with Crippen LogP contribution >= 0.6 is 24.8 Å². The molecule has 1 N–H and O–H groups in total. The normalized spacial score (nSPS) is 26.3. The molecule has 2 heterocycles. The minimum atomic E-state index is -0.318. The molecule has 7 heteroatoms. The van der Waals surface area contributed by atoms with Crippen molar-refractivity contribution < 1.29 is 9.53 Å². The monoisotopic (exact) mass is 403 g/mol. The van der Waals surface area contributed by atoms with Gasteiger partial charge in [-0.2, -0.15) is 0 Å². The van der Waals surface area contributed by atoms with Gasteiger partial charge in [0.15, 0.2) is 0 Å². The van der Waals surface area contributed by atoms with Crippen LogP contribution in [0.25, 0.3) is 0 Å². The van der Waals surface area contributed by atoms with E-state index in [0.29, 0.717) is 25.2 Å². The number of likely N-dealkylation sites (N-methyl/N-ethyl adjacent to an activating group) is 1. The second-order valence-electron chi connectivity index (χ2n) is 7.00. The lowest BCUT2D eigenvalue weighted by Gasteiger charge is -2.42. The highest BCUT2D eigenvalue weighted by molar-refractivity contribution is 5.85. The van der Waals surface area contributed by atoms with Gasteiger partial charge < -0.3 is 15.0 Å². The molecule has 2 aliphatic rings. The average molecular weight is 404 g/mol. The largest absolute Gasteiger partial charge is 0.366 e. The minimum Gasteiger partial charge on any atom is -0.366 e. The molecule has 0 saturated carbocycles. The number of morpholine rings is 1. The summed E-state index contributed by atoms with van der Waals surface area (Å²) in [5, 5.41) is 3.24. The molecule has 3 rings (SSSR count). The van der Waals surface area contributed by atoms with E-state index in [1.807, 2.05) is 11.9 Å². The maximum atomic E-state index is 12.6. The molecular formula is C19H31Cl2N3O2.